The first kappa shape index (κ1) is 14.1. The number of aromatic hydroxyl groups is 1. The van der Waals surface area contributed by atoms with Gasteiger partial charge in [-0.2, -0.15) is 0 Å². The molecule has 0 bridgehead atoms. The summed E-state index contributed by atoms with van der Waals surface area (Å²) >= 11 is 1.47. The molecular formula is C14H13NO4S. The Morgan fingerprint density at radius 3 is 2.75 bits per heavy atom. The second kappa shape index (κ2) is 6.21. The summed E-state index contributed by atoms with van der Waals surface area (Å²) in [6.45, 7) is 0. The van der Waals surface area contributed by atoms with Gasteiger partial charge < -0.3 is 14.6 Å². The molecule has 1 aromatic heterocycles. The zero-order valence-electron chi connectivity index (χ0n) is 11.0. The highest BCUT2D eigenvalue weighted by molar-refractivity contribution is 7.10. The van der Waals surface area contributed by atoms with E-state index in [1.807, 2.05) is 5.38 Å². The van der Waals surface area contributed by atoms with Crippen LogP contribution in [-0.2, 0) is 4.74 Å². The van der Waals surface area contributed by atoms with E-state index in [0.717, 1.165) is 5.01 Å². The van der Waals surface area contributed by atoms with E-state index in [4.69, 9.17) is 4.74 Å². The van der Waals surface area contributed by atoms with Gasteiger partial charge in [0.1, 0.15) is 22.1 Å². The lowest BCUT2D eigenvalue weighted by atomic mass is 10.1. The average molecular weight is 291 g/mol. The van der Waals surface area contributed by atoms with E-state index in [-0.39, 0.29) is 11.3 Å². The second-order valence-corrected chi connectivity index (χ2v) is 4.73. The highest BCUT2D eigenvalue weighted by Gasteiger charge is 2.17. The molecule has 0 radical (unpaired) electrons. The van der Waals surface area contributed by atoms with Crippen LogP contribution in [0.5, 0.6) is 11.5 Å². The van der Waals surface area contributed by atoms with Crippen LogP contribution in [-0.4, -0.2) is 30.3 Å². The maximum atomic E-state index is 11.7. The number of carbonyl (C=O) groups is 1. The molecule has 6 heteroatoms. The Morgan fingerprint density at radius 2 is 2.15 bits per heavy atom. The standard InChI is InChI=1S/C14H13NO4S/c1-18-10-7-9(3-4-12-15-5-6-20-12)13(11(16)8-10)14(17)19-2/h3-8,16H,1-2H3/b4-3+. The highest BCUT2D eigenvalue weighted by Crippen LogP contribution is 2.30. The molecule has 0 unspecified atom stereocenters. The molecule has 2 aromatic rings. The molecule has 5 nitrogen and oxygen atoms in total. The van der Waals surface area contributed by atoms with Crippen molar-refractivity contribution in [3.8, 4) is 11.5 Å². The fraction of sp³-hybridized carbons (Fsp3) is 0.143. The Bertz CT molecular complexity index is 635. The number of thiazole rings is 1. The molecule has 104 valence electrons. The smallest absolute Gasteiger partial charge is 0.342 e. The van der Waals surface area contributed by atoms with Gasteiger partial charge in [-0.25, -0.2) is 9.78 Å². The molecule has 20 heavy (non-hydrogen) atoms. The molecule has 1 heterocycles. The number of nitrogens with zero attached hydrogens (tertiary/aromatic N) is 1. The van der Waals surface area contributed by atoms with Gasteiger partial charge in [-0.3, -0.25) is 0 Å². The van der Waals surface area contributed by atoms with Gasteiger partial charge in [-0.1, -0.05) is 6.08 Å². The summed E-state index contributed by atoms with van der Waals surface area (Å²) in [5.41, 5.74) is 0.602. The van der Waals surface area contributed by atoms with Crippen LogP contribution in [0.4, 0.5) is 0 Å². The van der Waals surface area contributed by atoms with Gasteiger partial charge in [0.05, 0.1) is 14.2 Å². The Labute approximate surface area is 120 Å². The van der Waals surface area contributed by atoms with Crippen LogP contribution in [0.15, 0.2) is 23.7 Å². The van der Waals surface area contributed by atoms with E-state index in [0.29, 0.717) is 11.3 Å². The number of rotatable bonds is 4. The number of phenols is 1. The first-order chi connectivity index (χ1) is 9.65. The summed E-state index contributed by atoms with van der Waals surface area (Å²) in [6.07, 6.45) is 5.13. The minimum atomic E-state index is -0.607. The summed E-state index contributed by atoms with van der Waals surface area (Å²) in [5.74, 6) is -0.340. The van der Waals surface area contributed by atoms with E-state index >= 15 is 0 Å². The monoisotopic (exact) mass is 291 g/mol. The summed E-state index contributed by atoms with van der Waals surface area (Å²) in [5, 5.41) is 12.6. The van der Waals surface area contributed by atoms with E-state index in [1.54, 1.807) is 24.4 Å². The summed E-state index contributed by atoms with van der Waals surface area (Å²) < 4.78 is 9.76. The lowest BCUT2D eigenvalue weighted by Crippen LogP contribution is -2.04. The average Bonchev–Trinajstić information content (AvgIpc) is 2.97. The predicted molar refractivity (Wildman–Crippen MR) is 77.0 cm³/mol. The van der Waals surface area contributed by atoms with Crippen molar-refractivity contribution in [3.63, 3.8) is 0 Å². The Hall–Kier alpha value is -2.34. The van der Waals surface area contributed by atoms with Crippen LogP contribution in [0.2, 0.25) is 0 Å². The number of phenolic OH excluding ortho intramolecular Hbond substituents is 1. The van der Waals surface area contributed by atoms with Crippen molar-refractivity contribution < 1.29 is 19.4 Å². The Balaban J connectivity index is 2.48. The summed E-state index contributed by atoms with van der Waals surface area (Å²) in [7, 11) is 2.75. The van der Waals surface area contributed by atoms with Crippen molar-refractivity contribution in [3.05, 3.63) is 39.8 Å². The van der Waals surface area contributed by atoms with Crippen molar-refractivity contribution in [1.29, 1.82) is 0 Å². The van der Waals surface area contributed by atoms with Crippen LogP contribution in [0, 0.1) is 0 Å². The van der Waals surface area contributed by atoms with Gasteiger partial charge in [0.2, 0.25) is 0 Å². The highest BCUT2D eigenvalue weighted by atomic mass is 32.1. The largest absolute Gasteiger partial charge is 0.507 e. The third kappa shape index (κ3) is 2.97. The number of hydrogen-bond donors (Lipinski definition) is 1. The fourth-order valence-electron chi connectivity index (χ4n) is 1.67. The molecular weight excluding hydrogens is 278 g/mol. The number of esters is 1. The number of benzene rings is 1. The summed E-state index contributed by atoms with van der Waals surface area (Å²) in [4.78, 5) is 15.9. The van der Waals surface area contributed by atoms with Gasteiger partial charge >= 0.3 is 5.97 Å². The molecule has 0 fully saturated rings. The second-order valence-electron chi connectivity index (χ2n) is 3.81. The third-order valence-corrected chi connectivity index (χ3v) is 3.34. The Kier molecular flexibility index (Phi) is 4.37. The molecule has 0 atom stereocenters. The van der Waals surface area contributed by atoms with Crippen molar-refractivity contribution in [2.75, 3.05) is 14.2 Å². The van der Waals surface area contributed by atoms with Gasteiger partial charge in [-0.15, -0.1) is 11.3 Å². The van der Waals surface area contributed by atoms with E-state index < -0.39 is 5.97 Å². The lowest BCUT2D eigenvalue weighted by Gasteiger charge is -2.09. The number of ether oxygens (including phenoxy) is 2. The molecule has 2 rings (SSSR count). The normalized spacial score (nSPS) is 10.7. The van der Waals surface area contributed by atoms with Crippen LogP contribution in [0.3, 0.4) is 0 Å². The van der Waals surface area contributed by atoms with Crippen LogP contribution in [0.25, 0.3) is 12.2 Å². The van der Waals surface area contributed by atoms with Crippen molar-refractivity contribution in [2.24, 2.45) is 0 Å². The minimum absolute atomic E-state index is 0.0982. The lowest BCUT2D eigenvalue weighted by molar-refractivity contribution is 0.0597. The van der Waals surface area contributed by atoms with Gasteiger partial charge in [0.25, 0.3) is 0 Å². The number of aromatic nitrogens is 1. The number of carbonyl (C=O) groups excluding carboxylic acids is 1. The summed E-state index contributed by atoms with van der Waals surface area (Å²) in [6, 6.07) is 3.02. The van der Waals surface area contributed by atoms with E-state index in [2.05, 4.69) is 9.72 Å². The first-order valence-corrected chi connectivity index (χ1v) is 6.60. The van der Waals surface area contributed by atoms with Gasteiger partial charge in [-0.05, 0) is 17.7 Å². The zero-order valence-corrected chi connectivity index (χ0v) is 11.8. The molecule has 0 saturated heterocycles. The van der Waals surface area contributed by atoms with Gasteiger partial charge in [0.15, 0.2) is 0 Å². The number of hydrogen-bond acceptors (Lipinski definition) is 6. The van der Waals surface area contributed by atoms with E-state index in [9.17, 15) is 9.90 Å². The SMILES string of the molecule is COC(=O)c1c(O)cc(OC)cc1/C=C/c1nccs1. The quantitative estimate of drug-likeness (QED) is 0.877. The first-order valence-electron chi connectivity index (χ1n) is 5.72. The molecule has 0 aliphatic rings. The van der Waals surface area contributed by atoms with Crippen molar-refractivity contribution in [1.82, 2.24) is 4.98 Å². The molecule has 1 N–H and O–H groups in total. The third-order valence-electron chi connectivity index (χ3n) is 2.60. The fourth-order valence-corrected chi connectivity index (χ4v) is 2.20. The minimum Gasteiger partial charge on any atom is -0.507 e. The molecule has 0 aliphatic carbocycles. The van der Waals surface area contributed by atoms with E-state index in [1.165, 1.54) is 31.6 Å². The maximum Gasteiger partial charge on any atom is 0.342 e. The predicted octanol–water partition coefficient (Wildman–Crippen LogP) is 2.81. The molecule has 0 saturated carbocycles. The van der Waals surface area contributed by atoms with Crippen LogP contribution in [0.1, 0.15) is 20.9 Å². The van der Waals surface area contributed by atoms with Crippen LogP contribution >= 0.6 is 11.3 Å². The molecule has 0 amide bonds. The molecule has 1 aromatic carbocycles. The van der Waals surface area contributed by atoms with Crippen molar-refractivity contribution >= 4 is 29.5 Å². The number of methoxy groups -OCH3 is 2. The van der Waals surface area contributed by atoms with Gasteiger partial charge in [0, 0.05) is 17.6 Å². The Morgan fingerprint density at radius 1 is 1.35 bits per heavy atom. The zero-order chi connectivity index (χ0) is 14.5. The topological polar surface area (TPSA) is 68.7 Å². The van der Waals surface area contributed by atoms with Crippen LogP contribution < -0.4 is 4.74 Å². The van der Waals surface area contributed by atoms with Crippen molar-refractivity contribution in [2.45, 2.75) is 0 Å². The molecule has 0 spiro atoms. The molecule has 0 aliphatic heterocycles. The maximum absolute atomic E-state index is 11.7.